The van der Waals surface area contributed by atoms with Crippen molar-refractivity contribution in [2.45, 2.75) is 6.61 Å². The van der Waals surface area contributed by atoms with Crippen molar-refractivity contribution >= 4 is 27.8 Å². The van der Waals surface area contributed by atoms with Crippen molar-refractivity contribution in [1.29, 1.82) is 0 Å². The third kappa shape index (κ3) is 5.49. The Morgan fingerprint density at radius 3 is 2.40 bits per heavy atom. The Bertz CT molecular complexity index is 746. The lowest BCUT2D eigenvalue weighted by Crippen LogP contribution is -2.30. The van der Waals surface area contributed by atoms with E-state index in [0.29, 0.717) is 17.1 Å². The lowest BCUT2D eigenvalue weighted by atomic mass is 10.2. The summed E-state index contributed by atoms with van der Waals surface area (Å²) in [7, 11) is 3.09. The molecule has 6 nitrogen and oxygen atoms in total. The zero-order valence-electron chi connectivity index (χ0n) is 13.9. The Kier molecular flexibility index (Phi) is 6.82. The Morgan fingerprint density at radius 2 is 1.76 bits per heavy atom. The van der Waals surface area contributed by atoms with Gasteiger partial charge in [-0.15, -0.1) is 0 Å². The molecule has 2 rings (SSSR count). The number of halogens is 1. The fourth-order valence-corrected chi connectivity index (χ4v) is 2.47. The van der Waals surface area contributed by atoms with Gasteiger partial charge in [-0.25, -0.2) is 0 Å². The first-order valence-electron chi connectivity index (χ1n) is 7.43. The number of esters is 1. The van der Waals surface area contributed by atoms with Crippen molar-refractivity contribution in [2.75, 3.05) is 20.8 Å². The lowest BCUT2D eigenvalue weighted by Gasteiger charge is -2.10. The van der Waals surface area contributed by atoms with E-state index in [1.807, 2.05) is 12.1 Å². The average Bonchev–Trinajstić information content (AvgIpc) is 2.64. The fraction of sp³-hybridized carbons (Fsp3) is 0.222. The van der Waals surface area contributed by atoms with Crippen molar-refractivity contribution in [3.8, 4) is 11.5 Å². The highest BCUT2D eigenvalue weighted by atomic mass is 79.9. The molecule has 0 saturated heterocycles. The summed E-state index contributed by atoms with van der Waals surface area (Å²) < 4.78 is 16.3. The molecule has 2 aromatic rings. The predicted molar refractivity (Wildman–Crippen MR) is 95.8 cm³/mol. The number of hydrogen-bond acceptors (Lipinski definition) is 5. The van der Waals surface area contributed by atoms with Gasteiger partial charge in [-0.05, 0) is 42.5 Å². The molecule has 0 spiro atoms. The molecule has 0 aliphatic rings. The maximum Gasteiger partial charge on any atom is 0.325 e. The Hall–Kier alpha value is -2.54. The molecule has 1 N–H and O–H groups in total. The molecular formula is C18H18BrNO5. The van der Waals surface area contributed by atoms with Crippen LogP contribution in [0.25, 0.3) is 0 Å². The average molecular weight is 408 g/mol. The van der Waals surface area contributed by atoms with Crippen molar-refractivity contribution in [3.05, 3.63) is 58.1 Å². The summed E-state index contributed by atoms with van der Waals surface area (Å²) in [6, 6.07) is 12.0. The first-order chi connectivity index (χ1) is 12.0. The van der Waals surface area contributed by atoms with Crippen LogP contribution in [0, 0.1) is 0 Å². The van der Waals surface area contributed by atoms with Gasteiger partial charge in [0.25, 0.3) is 5.91 Å². The van der Waals surface area contributed by atoms with Crippen molar-refractivity contribution in [1.82, 2.24) is 5.32 Å². The quantitative estimate of drug-likeness (QED) is 0.714. The van der Waals surface area contributed by atoms with Crippen LogP contribution in [-0.4, -0.2) is 32.6 Å². The van der Waals surface area contributed by atoms with E-state index in [4.69, 9.17) is 14.2 Å². The molecule has 0 saturated carbocycles. The van der Waals surface area contributed by atoms with Gasteiger partial charge < -0.3 is 19.5 Å². The minimum absolute atomic E-state index is 0.0554. The highest BCUT2D eigenvalue weighted by molar-refractivity contribution is 9.10. The van der Waals surface area contributed by atoms with E-state index in [1.165, 1.54) is 0 Å². The number of carbonyl (C=O) groups is 2. The zero-order valence-corrected chi connectivity index (χ0v) is 15.5. The molecule has 132 valence electrons. The number of carbonyl (C=O) groups excluding carboxylic acids is 2. The third-order valence-electron chi connectivity index (χ3n) is 3.38. The number of nitrogens with one attached hydrogen (secondary N) is 1. The highest BCUT2D eigenvalue weighted by Gasteiger charge is 2.11. The summed E-state index contributed by atoms with van der Waals surface area (Å²) >= 11 is 3.36. The van der Waals surface area contributed by atoms with Crippen LogP contribution in [-0.2, 0) is 16.1 Å². The zero-order chi connectivity index (χ0) is 18.2. The van der Waals surface area contributed by atoms with E-state index in [1.54, 1.807) is 44.6 Å². The van der Waals surface area contributed by atoms with E-state index < -0.39 is 5.97 Å². The molecule has 0 aromatic heterocycles. The molecule has 0 heterocycles. The van der Waals surface area contributed by atoms with Gasteiger partial charge in [-0.3, -0.25) is 9.59 Å². The van der Waals surface area contributed by atoms with E-state index in [9.17, 15) is 9.59 Å². The summed E-state index contributed by atoms with van der Waals surface area (Å²) in [6.45, 7) is -0.166. The fourth-order valence-electron chi connectivity index (χ4n) is 2.07. The van der Waals surface area contributed by atoms with Gasteiger partial charge in [0.2, 0.25) is 0 Å². The molecule has 0 unspecified atom stereocenters. The van der Waals surface area contributed by atoms with Crippen LogP contribution < -0.4 is 14.8 Å². The van der Waals surface area contributed by atoms with Crippen molar-refractivity contribution in [2.24, 2.45) is 0 Å². The monoisotopic (exact) mass is 407 g/mol. The number of ether oxygens (including phenoxy) is 3. The minimum Gasteiger partial charge on any atom is -0.497 e. The van der Waals surface area contributed by atoms with Gasteiger partial charge in [0.1, 0.15) is 24.7 Å². The number of methoxy groups -OCH3 is 2. The van der Waals surface area contributed by atoms with Gasteiger partial charge in [-0.1, -0.05) is 15.9 Å². The molecule has 0 aliphatic heterocycles. The minimum atomic E-state index is -0.538. The summed E-state index contributed by atoms with van der Waals surface area (Å²) in [5, 5.41) is 2.52. The summed E-state index contributed by atoms with van der Waals surface area (Å²) in [6.07, 6.45) is 0. The van der Waals surface area contributed by atoms with Crippen LogP contribution in [0.3, 0.4) is 0 Å². The van der Waals surface area contributed by atoms with Gasteiger partial charge in [-0.2, -0.15) is 0 Å². The van der Waals surface area contributed by atoms with E-state index in [2.05, 4.69) is 21.2 Å². The van der Waals surface area contributed by atoms with E-state index in [-0.39, 0.29) is 19.1 Å². The number of rotatable bonds is 7. The lowest BCUT2D eigenvalue weighted by molar-refractivity contribution is -0.143. The van der Waals surface area contributed by atoms with Crippen LogP contribution >= 0.6 is 15.9 Å². The number of benzene rings is 2. The van der Waals surface area contributed by atoms with E-state index in [0.717, 1.165) is 10.0 Å². The smallest absolute Gasteiger partial charge is 0.325 e. The maximum absolute atomic E-state index is 12.0. The second-order valence-electron chi connectivity index (χ2n) is 5.03. The predicted octanol–water partition coefficient (Wildman–Crippen LogP) is 2.94. The van der Waals surface area contributed by atoms with Crippen molar-refractivity contribution < 1.29 is 23.8 Å². The molecule has 7 heteroatoms. The van der Waals surface area contributed by atoms with Gasteiger partial charge in [0.15, 0.2) is 0 Å². The topological polar surface area (TPSA) is 73.9 Å². The molecule has 0 aliphatic carbocycles. The molecule has 0 bridgehead atoms. The maximum atomic E-state index is 12.0. The Morgan fingerprint density at radius 1 is 1.04 bits per heavy atom. The largest absolute Gasteiger partial charge is 0.497 e. The molecule has 2 aromatic carbocycles. The van der Waals surface area contributed by atoms with E-state index >= 15 is 0 Å². The molecule has 0 radical (unpaired) electrons. The van der Waals surface area contributed by atoms with Gasteiger partial charge in [0, 0.05) is 15.6 Å². The molecule has 1 amide bonds. The SMILES string of the molecule is COc1ccc(C(=O)NCC(=O)OCc2cc(Br)ccc2OC)cc1. The van der Waals surface area contributed by atoms with Crippen LogP contribution in [0.15, 0.2) is 46.9 Å². The Labute approximate surface area is 154 Å². The number of amides is 1. The first-order valence-corrected chi connectivity index (χ1v) is 8.23. The molecular weight excluding hydrogens is 390 g/mol. The third-order valence-corrected chi connectivity index (χ3v) is 3.87. The summed E-state index contributed by atoms with van der Waals surface area (Å²) in [5.74, 6) is 0.376. The summed E-state index contributed by atoms with van der Waals surface area (Å²) in [5.41, 5.74) is 1.16. The number of hydrogen-bond donors (Lipinski definition) is 1. The van der Waals surface area contributed by atoms with Gasteiger partial charge >= 0.3 is 5.97 Å². The molecule has 0 atom stereocenters. The second-order valence-corrected chi connectivity index (χ2v) is 5.94. The highest BCUT2D eigenvalue weighted by Crippen LogP contribution is 2.23. The molecule has 0 fully saturated rings. The van der Waals surface area contributed by atoms with Crippen molar-refractivity contribution in [3.63, 3.8) is 0 Å². The second kappa shape index (κ2) is 9.08. The van der Waals surface area contributed by atoms with Crippen LogP contribution in [0.4, 0.5) is 0 Å². The Balaban J connectivity index is 1.84. The molecule has 25 heavy (non-hydrogen) atoms. The standard InChI is InChI=1S/C18H18BrNO5/c1-23-15-6-3-12(4-7-15)18(22)20-10-17(21)25-11-13-9-14(19)5-8-16(13)24-2/h3-9H,10-11H2,1-2H3,(H,20,22). The van der Waals surface area contributed by atoms with Crippen LogP contribution in [0.1, 0.15) is 15.9 Å². The van der Waals surface area contributed by atoms with Crippen LogP contribution in [0.5, 0.6) is 11.5 Å². The summed E-state index contributed by atoms with van der Waals surface area (Å²) in [4.78, 5) is 23.8. The first kappa shape index (κ1) is 18.8. The normalized spacial score (nSPS) is 10.0. The van der Waals surface area contributed by atoms with Crippen LogP contribution in [0.2, 0.25) is 0 Å². The van der Waals surface area contributed by atoms with Gasteiger partial charge in [0.05, 0.1) is 14.2 Å².